The Morgan fingerprint density at radius 1 is 1.15 bits per heavy atom. The minimum atomic E-state index is 0.00863. The van der Waals surface area contributed by atoms with Crippen molar-refractivity contribution in [3.05, 3.63) is 64.7 Å². The average Bonchev–Trinajstić information content (AvgIpc) is 2.62. The van der Waals surface area contributed by atoms with Crippen LogP contribution in [0.15, 0.2) is 48.5 Å². The molecule has 0 saturated carbocycles. The van der Waals surface area contributed by atoms with E-state index in [1.165, 1.54) is 0 Å². The standard InChI is InChI=1S/C21H26ClNO2S/c1-15(2)12-20(16-8-10-18(25-3)11-9-16)23-21(24)14-26-13-17-6-4-5-7-19(17)22/h4-11,15,20H,12-14H2,1-3H3,(H,23,24). The molecule has 0 saturated heterocycles. The van der Waals surface area contributed by atoms with Crippen LogP contribution < -0.4 is 10.1 Å². The molecule has 0 aromatic heterocycles. The van der Waals surface area contributed by atoms with Gasteiger partial charge >= 0.3 is 0 Å². The molecule has 0 aliphatic rings. The topological polar surface area (TPSA) is 38.3 Å². The molecule has 3 nitrogen and oxygen atoms in total. The number of hydrogen-bond donors (Lipinski definition) is 1. The van der Waals surface area contributed by atoms with E-state index in [4.69, 9.17) is 16.3 Å². The fraction of sp³-hybridized carbons (Fsp3) is 0.381. The number of methoxy groups -OCH3 is 1. The lowest BCUT2D eigenvalue weighted by atomic mass is 9.97. The summed E-state index contributed by atoms with van der Waals surface area (Å²) in [5, 5.41) is 3.92. The van der Waals surface area contributed by atoms with Crippen LogP contribution in [0.1, 0.15) is 37.4 Å². The van der Waals surface area contributed by atoms with Gasteiger partial charge in [0.15, 0.2) is 0 Å². The minimum absolute atomic E-state index is 0.00863. The number of carbonyl (C=O) groups is 1. The van der Waals surface area contributed by atoms with Crippen molar-refractivity contribution in [2.45, 2.75) is 32.1 Å². The van der Waals surface area contributed by atoms with Crippen molar-refractivity contribution in [1.82, 2.24) is 5.32 Å². The molecular weight excluding hydrogens is 366 g/mol. The first-order valence-electron chi connectivity index (χ1n) is 8.74. The van der Waals surface area contributed by atoms with Gasteiger partial charge in [0.25, 0.3) is 0 Å². The summed E-state index contributed by atoms with van der Waals surface area (Å²) in [6.45, 7) is 4.32. The van der Waals surface area contributed by atoms with Gasteiger partial charge in [0.2, 0.25) is 5.91 Å². The first kappa shape index (κ1) is 20.7. The monoisotopic (exact) mass is 391 g/mol. The number of thioether (sulfide) groups is 1. The first-order valence-corrected chi connectivity index (χ1v) is 10.3. The van der Waals surface area contributed by atoms with E-state index in [9.17, 15) is 4.79 Å². The maximum Gasteiger partial charge on any atom is 0.230 e. The zero-order chi connectivity index (χ0) is 18.9. The van der Waals surface area contributed by atoms with Crippen LogP contribution in [0.25, 0.3) is 0 Å². The van der Waals surface area contributed by atoms with Crippen molar-refractivity contribution in [2.75, 3.05) is 12.9 Å². The molecule has 0 fully saturated rings. The maximum absolute atomic E-state index is 12.4. The number of hydrogen-bond acceptors (Lipinski definition) is 3. The third-order valence-corrected chi connectivity index (χ3v) is 5.36. The number of ether oxygens (including phenoxy) is 1. The van der Waals surface area contributed by atoms with Gasteiger partial charge in [0, 0.05) is 10.8 Å². The Morgan fingerprint density at radius 3 is 2.46 bits per heavy atom. The summed E-state index contributed by atoms with van der Waals surface area (Å²) in [6.07, 6.45) is 0.896. The van der Waals surface area contributed by atoms with Crippen LogP contribution in [0.5, 0.6) is 5.75 Å². The molecule has 0 radical (unpaired) electrons. The van der Waals surface area contributed by atoms with Crippen LogP contribution >= 0.6 is 23.4 Å². The van der Waals surface area contributed by atoms with Gasteiger partial charge in [-0.05, 0) is 41.7 Å². The van der Waals surface area contributed by atoms with Gasteiger partial charge in [-0.1, -0.05) is 55.8 Å². The number of amides is 1. The quantitative estimate of drug-likeness (QED) is 0.614. The highest BCUT2D eigenvalue weighted by atomic mass is 35.5. The van der Waals surface area contributed by atoms with Gasteiger partial charge in [0.1, 0.15) is 5.75 Å². The summed E-state index contributed by atoms with van der Waals surface area (Å²) in [5.41, 5.74) is 2.16. The molecule has 0 aliphatic carbocycles. The van der Waals surface area contributed by atoms with Crippen LogP contribution in [-0.2, 0) is 10.5 Å². The predicted octanol–water partition coefficient (Wildman–Crippen LogP) is 5.49. The average molecular weight is 392 g/mol. The lowest BCUT2D eigenvalue weighted by molar-refractivity contribution is -0.119. The smallest absolute Gasteiger partial charge is 0.230 e. The van der Waals surface area contributed by atoms with Gasteiger partial charge < -0.3 is 10.1 Å². The summed E-state index contributed by atoms with van der Waals surface area (Å²) in [5.74, 6) is 2.49. The van der Waals surface area contributed by atoms with E-state index in [1.54, 1.807) is 18.9 Å². The first-order chi connectivity index (χ1) is 12.5. The van der Waals surface area contributed by atoms with E-state index in [0.29, 0.717) is 11.7 Å². The Balaban J connectivity index is 1.92. The molecule has 0 spiro atoms. The van der Waals surface area contributed by atoms with E-state index in [2.05, 4.69) is 19.2 Å². The molecule has 0 bridgehead atoms. The molecule has 5 heteroatoms. The normalized spacial score (nSPS) is 12.0. The number of rotatable bonds is 9. The van der Waals surface area contributed by atoms with Gasteiger partial charge in [-0.2, -0.15) is 0 Å². The molecule has 0 heterocycles. The highest BCUT2D eigenvalue weighted by Gasteiger charge is 2.16. The van der Waals surface area contributed by atoms with E-state index in [0.717, 1.165) is 34.1 Å². The molecule has 1 unspecified atom stereocenters. The van der Waals surface area contributed by atoms with E-state index >= 15 is 0 Å². The Kier molecular flexibility index (Phi) is 8.33. The van der Waals surface area contributed by atoms with Crippen molar-refractivity contribution in [2.24, 2.45) is 5.92 Å². The molecule has 2 rings (SSSR count). The number of carbonyl (C=O) groups excluding carboxylic acids is 1. The van der Waals surface area contributed by atoms with E-state index < -0.39 is 0 Å². The Bertz CT molecular complexity index is 703. The van der Waals surface area contributed by atoms with Crippen molar-refractivity contribution < 1.29 is 9.53 Å². The van der Waals surface area contributed by atoms with Gasteiger partial charge in [0.05, 0.1) is 18.9 Å². The lowest BCUT2D eigenvalue weighted by Gasteiger charge is -2.21. The van der Waals surface area contributed by atoms with Crippen LogP contribution in [0.2, 0.25) is 5.02 Å². The summed E-state index contributed by atoms with van der Waals surface area (Å²) in [6, 6.07) is 15.6. The highest BCUT2D eigenvalue weighted by molar-refractivity contribution is 7.99. The van der Waals surface area contributed by atoms with Gasteiger partial charge in [-0.3, -0.25) is 4.79 Å². The van der Waals surface area contributed by atoms with Crippen LogP contribution in [0.3, 0.4) is 0 Å². The molecule has 140 valence electrons. The second-order valence-corrected chi connectivity index (χ2v) is 8.00. The second kappa shape index (κ2) is 10.5. The number of halogens is 1. The van der Waals surface area contributed by atoms with Crippen molar-refractivity contribution in [3.8, 4) is 5.75 Å². The minimum Gasteiger partial charge on any atom is -0.497 e. The van der Waals surface area contributed by atoms with E-state index in [-0.39, 0.29) is 11.9 Å². The fourth-order valence-corrected chi connectivity index (χ4v) is 3.82. The van der Waals surface area contributed by atoms with Crippen LogP contribution in [0, 0.1) is 5.92 Å². The molecule has 0 aliphatic heterocycles. The molecule has 2 aromatic rings. The zero-order valence-corrected chi connectivity index (χ0v) is 17.1. The maximum atomic E-state index is 12.4. The summed E-state index contributed by atoms with van der Waals surface area (Å²) in [4.78, 5) is 12.4. The summed E-state index contributed by atoms with van der Waals surface area (Å²) < 4.78 is 5.21. The van der Waals surface area contributed by atoms with E-state index in [1.807, 2.05) is 48.5 Å². The highest BCUT2D eigenvalue weighted by Crippen LogP contribution is 2.24. The molecule has 1 N–H and O–H groups in total. The van der Waals surface area contributed by atoms with Crippen molar-refractivity contribution >= 4 is 29.3 Å². The van der Waals surface area contributed by atoms with Crippen LogP contribution in [-0.4, -0.2) is 18.8 Å². The molecular formula is C21H26ClNO2S. The van der Waals surface area contributed by atoms with Crippen molar-refractivity contribution in [3.63, 3.8) is 0 Å². The van der Waals surface area contributed by atoms with Crippen molar-refractivity contribution in [1.29, 1.82) is 0 Å². The Labute approximate surface area is 165 Å². The third-order valence-electron chi connectivity index (χ3n) is 4.01. The van der Waals surface area contributed by atoms with Crippen LogP contribution in [0.4, 0.5) is 0 Å². The zero-order valence-electron chi connectivity index (χ0n) is 15.5. The molecule has 1 amide bonds. The lowest BCUT2D eigenvalue weighted by Crippen LogP contribution is -2.30. The summed E-state index contributed by atoms with van der Waals surface area (Å²) in [7, 11) is 1.65. The molecule has 26 heavy (non-hydrogen) atoms. The second-order valence-electron chi connectivity index (χ2n) is 6.61. The number of nitrogens with one attached hydrogen (secondary N) is 1. The Morgan fingerprint density at radius 2 is 1.85 bits per heavy atom. The molecule has 1 atom stereocenters. The largest absolute Gasteiger partial charge is 0.497 e. The fourth-order valence-electron chi connectivity index (χ4n) is 2.69. The Hall–Kier alpha value is -1.65. The third kappa shape index (κ3) is 6.58. The molecule has 2 aromatic carbocycles. The van der Waals surface area contributed by atoms with Gasteiger partial charge in [-0.25, -0.2) is 0 Å². The predicted molar refractivity (Wildman–Crippen MR) is 111 cm³/mol. The van der Waals surface area contributed by atoms with Gasteiger partial charge in [-0.15, -0.1) is 11.8 Å². The summed E-state index contributed by atoms with van der Waals surface area (Å²) >= 11 is 7.74. The number of benzene rings is 2. The SMILES string of the molecule is COc1ccc(C(CC(C)C)NC(=O)CSCc2ccccc2Cl)cc1.